The van der Waals surface area contributed by atoms with E-state index in [1.54, 1.807) is 18.0 Å². The third-order valence-electron chi connectivity index (χ3n) is 2.95. The summed E-state index contributed by atoms with van der Waals surface area (Å²) in [4.78, 5) is 13.4. The van der Waals surface area contributed by atoms with Crippen LogP contribution in [0, 0.1) is 5.82 Å². The summed E-state index contributed by atoms with van der Waals surface area (Å²) in [7, 11) is 1.75. The van der Waals surface area contributed by atoms with E-state index in [0.717, 1.165) is 12.8 Å². The van der Waals surface area contributed by atoms with Crippen molar-refractivity contribution in [1.29, 1.82) is 0 Å². The molecule has 5 heteroatoms. The van der Waals surface area contributed by atoms with Gasteiger partial charge >= 0.3 is 0 Å². The summed E-state index contributed by atoms with van der Waals surface area (Å²) < 4.78 is 13.0. The molecule has 18 heavy (non-hydrogen) atoms. The van der Waals surface area contributed by atoms with Gasteiger partial charge in [-0.05, 0) is 31.0 Å². The molecular formula is C13H17FN2O2. The number of hydrogen-bond acceptors (Lipinski definition) is 3. The van der Waals surface area contributed by atoms with E-state index >= 15 is 0 Å². The first-order valence-electron chi connectivity index (χ1n) is 6.00. The predicted molar refractivity (Wildman–Crippen MR) is 66.8 cm³/mol. The maximum absolute atomic E-state index is 13.0. The lowest BCUT2D eigenvalue weighted by molar-refractivity contribution is -0.119. The second-order valence-electron chi connectivity index (χ2n) is 4.63. The van der Waals surface area contributed by atoms with Crippen LogP contribution in [0.5, 0.6) is 0 Å². The number of amides is 1. The van der Waals surface area contributed by atoms with Gasteiger partial charge in [0.05, 0.1) is 13.2 Å². The number of carbonyl (C=O) groups is 1. The number of carbonyl (C=O) groups excluding carboxylic acids is 1. The number of nitrogens with one attached hydrogen (secondary N) is 1. The summed E-state index contributed by atoms with van der Waals surface area (Å²) in [6.07, 6.45) is 2.10. The van der Waals surface area contributed by atoms with Gasteiger partial charge in [0.1, 0.15) is 5.82 Å². The Hall–Kier alpha value is -1.62. The lowest BCUT2D eigenvalue weighted by atomic mass is 10.1. The smallest absolute Gasteiger partial charge is 0.239 e. The summed E-state index contributed by atoms with van der Waals surface area (Å²) in [5.74, 6) is -0.438. The number of rotatable bonds is 5. The zero-order chi connectivity index (χ0) is 13.1. The number of aliphatic hydroxyl groups is 1. The van der Waals surface area contributed by atoms with Crippen LogP contribution in [0.3, 0.4) is 0 Å². The lowest BCUT2D eigenvalue weighted by Gasteiger charge is -2.21. The van der Waals surface area contributed by atoms with Crippen LogP contribution in [0.15, 0.2) is 18.2 Å². The van der Waals surface area contributed by atoms with Crippen LogP contribution in [0.4, 0.5) is 10.1 Å². The molecule has 1 aromatic carbocycles. The summed E-state index contributed by atoms with van der Waals surface area (Å²) in [6.45, 7) is -0.0448. The van der Waals surface area contributed by atoms with Crippen molar-refractivity contribution in [3.63, 3.8) is 0 Å². The minimum atomic E-state index is -0.390. The Balaban J connectivity index is 2.02. The van der Waals surface area contributed by atoms with Crippen LogP contribution >= 0.6 is 0 Å². The molecule has 1 aliphatic carbocycles. The topological polar surface area (TPSA) is 52.6 Å². The average molecular weight is 252 g/mol. The minimum Gasteiger partial charge on any atom is -0.392 e. The number of nitrogens with zero attached hydrogens (tertiary/aromatic N) is 1. The van der Waals surface area contributed by atoms with E-state index in [9.17, 15) is 14.3 Å². The van der Waals surface area contributed by atoms with Gasteiger partial charge in [0.25, 0.3) is 0 Å². The van der Waals surface area contributed by atoms with Crippen LogP contribution in [0.1, 0.15) is 18.4 Å². The molecule has 0 saturated heterocycles. The van der Waals surface area contributed by atoms with E-state index in [-0.39, 0.29) is 19.1 Å². The molecular weight excluding hydrogens is 235 g/mol. The molecule has 0 atom stereocenters. The Kier molecular flexibility index (Phi) is 3.81. The molecule has 2 rings (SSSR count). The average Bonchev–Trinajstić information content (AvgIpc) is 3.12. The zero-order valence-electron chi connectivity index (χ0n) is 10.3. The highest BCUT2D eigenvalue weighted by atomic mass is 19.1. The molecule has 1 amide bonds. The maximum atomic E-state index is 13.0. The molecule has 0 spiro atoms. The summed E-state index contributed by atoms with van der Waals surface area (Å²) in [5, 5.41) is 12.1. The highest BCUT2D eigenvalue weighted by Gasteiger charge is 2.23. The van der Waals surface area contributed by atoms with Crippen LogP contribution in [-0.4, -0.2) is 30.6 Å². The maximum Gasteiger partial charge on any atom is 0.239 e. The third kappa shape index (κ3) is 3.20. The fourth-order valence-corrected chi connectivity index (χ4v) is 1.85. The van der Waals surface area contributed by atoms with Gasteiger partial charge in [0.2, 0.25) is 5.91 Å². The van der Waals surface area contributed by atoms with Gasteiger partial charge in [0.15, 0.2) is 0 Å². The quantitative estimate of drug-likeness (QED) is 0.823. The Bertz CT molecular complexity index is 447. The van der Waals surface area contributed by atoms with Crippen molar-refractivity contribution in [1.82, 2.24) is 5.32 Å². The van der Waals surface area contributed by atoms with Crippen molar-refractivity contribution in [2.45, 2.75) is 25.5 Å². The van der Waals surface area contributed by atoms with Gasteiger partial charge in [-0.25, -0.2) is 4.39 Å². The van der Waals surface area contributed by atoms with E-state index in [2.05, 4.69) is 5.32 Å². The van der Waals surface area contributed by atoms with Gasteiger partial charge in [-0.2, -0.15) is 0 Å². The Morgan fingerprint density at radius 1 is 1.56 bits per heavy atom. The predicted octanol–water partition coefficient (Wildman–Crippen LogP) is 1.03. The minimum absolute atomic E-state index is 0.0479. The molecule has 1 aliphatic rings. The zero-order valence-corrected chi connectivity index (χ0v) is 10.3. The molecule has 0 aromatic heterocycles. The fraction of sp³-hybridized carbons (Fsp3) is 0.462. The van der Waals surface area contributed by atoms with Gasteiger partial charge in [0, 0.05) is 24.3 Å². The van der Waals surface area contributed by atoms with E-state index in [1.807, 2.05) is 0 Å². The molecule has 1 saturated carbocycles. The van der Waals surface area contributed by atoms with Gasteiger partial charge in [-0.1, -0.05) is 0 Å². The Labute approximate surface area is 105 Å². The van der Waals surface area contributed by atoms with Crippen molar-refractivity contribution in [2.24, 2.45) is 0 Å². The van der Waals surface area contributed by atoms with E-state index in [4.69, 9.17) is 0 Å². The molecule has 4 nitrogen and oxygen atoms in total. The summed E-state index contributed by atoms with van der Waals surface area (Å²) in [5.41, 5.74) is 1.15. The number of anilines is 1. The van der Waals surface area contributed by atoms with E-state index < -0.39 is 5.82 Å². The highest BCUT2D eigenvalue weighted by molar-refractivity contribution is 5.82. The standard InChI is InChI=1S/C13H17FN2O2/c1-16(7-13(18)15-11-3-4-11)12-5-2-10(14)6-9(12)8-17/h2,5-6,11,17H,3-4,7-8H2,1H3,(H,15,18). The van der Waals surface area contributed by atoms with Gasteiger partial charge in [-0.15, -0.1) is 0 Å². The molecule has 0 bridgehead atoms. The van der Waals surface area contributed by atoms with Crippen molar-refractivity contribution < 1.29 is 14.3 Å². The molecule has 98 valence electrons. The number of likely N-dealkylation sites (N-methyl/N-ethyl adjacent to an activating group) is 1. The van der Waals surface area contributed by atoms with Crippen molar-refractivity contribution >= 4 is 11.6 Å². The molecule has 2 N–H and O–H groups in total. The first kappa shape index (κ1) is 12.8. The van der Waals surface area contributed by atoms with Crippen molar-refractivity contribution in [3.05, 3.63) is 29.6 Å². The van der Waals surface area contributed by atoms with E-state index in [0.29, 0.717) is 17.3 Å². The normalized spacial score (nSPS) is 14.4. The second-order valence-corrected chi connectivity index (χ2v) is 4.63. The molecule has 0 heterocycles. The Morgan fingerprint density at radius 3 is 2.89 bits per heavy atom. The summed E-state index contributed by atoms with van der Waals surface area (Å²) >= 11 is 0. The first-order valence-corrected chi connectivity index (χ1v) is 6.00. The Morgan fingerprint density at radius 2 is 2.28 bits per heavy atom. The monoisotopic (exact) mass is 252 g/mol. The largest absolute Gasteiger partial charge is 0.392 e. The number of benzene rings is 1. The van der Waals surface area contributed by atoms with Crippen molar-refractivity contribution in [3.8, 4) is 0 Å². The number of aliphatic hydroxyl groups excluding tert-OH is 1. The summed E-state index contributed by atoms with van der Waals surface area (Å²) in [6, 6.07) is 4.51. The van der Waals surface area contributed by atoms with Crippen LogP contribution in [-0.2, 0) is 11.4 Å². The highest BCUT2D eigenvalue weighted by Crippen LogP contribution is 2.21. The fourth-order valence-electron chi connectivity index (χ4n) is 1.85. The van der Waals surface area contributed by atoms with Crippen LogP contribution in [0.2, 0.25) is 0 Å². The SMILES string of the molecule is CN(CC(=O)NC1CC1)c1ccc(F)cc1CO. The van der Waals surface area contributed by atoms with Gasteiger partial charge in [-0.3, -0.25) is 4.79 Å². The third-order valence-corrected chi connectivity index (χ3v) is 2.95. The van der Waals surface area contributed by atoms with Gasteiger partial charge < -0.3 is 15.3 Å². The molecule has 0 radical (unpaired) electrons. The van der Waals surface area contributed by atoms with Crippen LogP contribution < -0.4 is 10.2 Å². The lowest BCUT2D eigenvalue weighted by Crippen LogP contribution is -2.36. The number of halogens is 1. The molecule has 1 fully saturated rings. The number of hydrogen-bond donors (Lipinski definition) is 2. The molecule has 0 aliphatic heterocycles. The van der Waals surface area contributed by atoms with Crippen LogP contribution in [0.25, 0.3) is 0 Å². The molecule has 0 unspecified atom stereocenters. The van der Waals surface area contributed by atoms with E-state index in [1.165, 1.54) is 12.1 Å². The van der Waals surface area contributed by atoms with Crippen molar-refractivity contribution in [2.75, 3.05) is 18.5 Å². The first-order chi connectivity index (χ1) is 8.60. The second kappa shape index (κ2) is 5.35. The molecule has 1 aromatic rings.